The summed E-state index contributed by atoms with van der Waals surface area (Å²) < 4.78 is 8.07. The molecule has 4 aromatic rings. The van der Waals surface area contributed by atoms with Gasteiger partial charge in [0.25, 0.3) is 5.91 Å². The van der Waals surface area contributed by atoms with Gasteiger partial charge in [0.15, 0.2) is 5.17 Å². The number of carbonyl (C=O) groups excluding carboxylic acids is 1. The minimum Gasteiger partial charge on any atom is -0.488 e. The summed E-state index contributed by atoms with van der Waals surface area (Å²) in [6.07, 6.45) is 1.86. The first-order chi connectivity index (χ1) is 16.5. The molecule has 4 nitrogen and oxygen atoms in total. The third-order valence-electron chi connectivity index (χ3n) is 5.22. The van der Waals surface area contributed by atoms with Gasteiger partial charge in [0, 0.05) is 3.57 Å². The van der Waals surface area contributed by atoms with Crippen molar-refractivity contribution in [3.63, 3.8) is 0 Å². The van der Waals surface area contributed by atoms with E-state index in [4.69, 9.17) is 4.74 Å². The summed E-state index contributed by atoms with van der Waals surface area (Å²) in [7, 11) is 0. The van der Waals surface area contributed by atoms with Crippen LogP contribution in [0.3, 0.4) is 0 Å². The predicted octanol–water partition coefficient (Wildman–Crippen LogP) is 7.68. The lowest BCUT2D eigenvalue weighted by Crippen LogP contribution is -2.19. The molecule has 0 spiro atoms. The molecule has 1 aliphatic heterocycles. The number of aliphatic imine (C=N–C) groups is 1. The molecule has 0 aromatic heterocycles. The van der Waals surface area contributed by atoms with E-state index in [0.717, 1.165) is 30.6 Å². The maximum Gasteiger partial charge on any atom is 0.264 e. The van der Waals surface area contributed by atoms with Gasteiger partial charge in [-0.15, -0.1) is 0 Å². The van der Waals surface area contributed by atoms with Crippen molar-refractivity contribution >= 4 is 83.9 Å². The average molecular weight is 641 g/mol. The van der Waals surface area contributed by atoms with Gasteiger partial charge >= 0.3 is 0 Å². The molecule has 1 saturated heterocycles. The summed E-state index contributed by atoms with van der Waals surface area (Å²) in [4.78, 5) is 17.6. The number of amides is 1. The van der Waals surface area contributed by atoms with Gasteiger partial charge in [-0.3, -0.25) is 4.79 Å². The average Bonchev–Trinajstić information content (AvgIpc) is 3.18. The molecular weight excluding hydrogens is 623 g/mol. The van der Waals surface area contributed by atoms with E-state index in [1.54, 1.807) is 0 Å². The fourth-order valence-electron chi connectivity index (χ4n) is 3.56. The first-order valence-corrected chi connectivity index (χ1v) is 13.2. The van der Waals surface area contributed by atoms with Gasteiger partial charge in [-0.25, -0.2) is 4.99 Å². The van der Waals surface area contributed by atoms with Crippen molar-refractivity contribution in [2.75, 3.05) is 0 Å². The summed E-state index contributed by atoms with van der Waals surface area (Å²) in [5.74, 6) is 0.598. The van der Waals surface area contributed by atoms with Gasteiger partial charge in [0.2, 0.25) is 0 Å². The van der Waals surface area contributed by atoms with Crippen LogP contribution >= 0.6 is 50.3 Å². The van der Waals surface area contributed by atoms with Crippen LogP contribution in [0.25, 0.3) is 16.8 Å². The minimum absolute atomic E-state index is 0.151. The second-order valence-corrected chi connectivity index (χ2v) is 10.7. The number of ether oxygens (including phenoxy) is 1. The summed E-state index contributed by atoms with van der Waals surface area (Å²) in [6, 6.07) is 28.2. The van der Waals surface area contributed by atoms with Crippen LogP contribution in [0, 0.1) is 3.57 Å². The largest absolute Gasteiger partial charge is 0.488 e. The van der Waals surface area contributed by atoms with Crippen LogP contribution in [0.15, 0.2) is 99.3 Å². The van der Waals surface area contributed by atoms with E-state index in [1.165, 1.54) is 22.5 Å². The molecule has 4 aromatic carbocycles. The monoisotopic (exact) mass is 640 g/mol. The van der Waals surface area contributed by atoms with Gasteiger partial charge in [-0.2, -0.15) is 0 Å². The number of amidine groups is 1. The van der Waals surface area contributed by atoms with Crippen molar-refractivity contribution in [1.82, 2.24) is 5.32 Å². The van der Waals surface area contributed by atoms with Gasteiger partial charge in [0.05, 0.1) is 15.1 Å². The summed E-state index contributed by atoms with van der Waals surface area (Å²) in [5.41, 5.74) is 2.84. The molecular formula is C27H18BrIN2O2S. The third kappa shape index (κ3) is 5.37. The van der Waals surface area contributed by atoms with Crippen LogP contribution in [-0.2, 0) is 11.4 Å². The van der Waals surface area contributed by atoms with E-state index in [2.05, 4.69) is 73.1 Å². The Kier molecular flexibility index (Phi) is 7.03. The lowest BCUT2D eigenvalue weighted by molar-refractivity contribution is -0.115. The zero-order valence-electron chi connectivity index (χ0n) is 17.8. The highest BCUT2D eigenvalue weighted by atomic mass is 127. The molecule has 7 heteroatoms. The van der Waals surface area contributed by atoms with E-state index in [-0.39, 0.29) is 5.91 Å². The normalized spacial score (nSPS) is 15.8. The van der Waals surface area contributed by atoms with E-state index in [1.807, 2.05) is 66.7 Å². The van der Waals surface area contributed by atoms with Crippen molar-refractivity contribution in [2.45, 2.75) is 6.61 Å². The first-order valence-electron chi connectivity index (χ1n) is 10.5. The Labute approximate surface area is 223 Å². The van der Waals surface area contributed by atoms with Crippen molar-refractivity contribution in [1.29, 1.82) is 0 Å². The molecule has 0 radical (unpaired) electrons. The number of nitrogens with one attached hydrogen (secondary N) is 1. The molecule has 34 heavy (non-hydrogen) atoms. The number of nitrogens with zero attached hydrogens (tertiary/aromatic N) is 1. The van der Waals surface area contributed by atoms with Crippen LogP contribution < -0.4 is 10.1 Å². The SMILES string of the molecule is O=C1NC(=Nc2ccc(I)cc2)S/C1=C/c1ccc(OCc2cccc3ccccc23)c(Br)c1. The number of hydrogen-bond donors (Lipinski definition) is 1. The molecule has 1 fully saturated rings. The van der Waals surface area contributed by atoms with E-state index < -0.39 is 0 Å². The second kappa shape index (κ2) is 10.3. The highest BCUT2D eigenvalue weighted by Crippen LogP contribution is 2.32. The number of fused-ring (bicyclic) bond motifs is 1. The van der Waals surface area contributed by atoms with Crippen molar-refractivity contribution in [2.24, 2.45) is 4.99 Å². The summed E-state index contributed by atoms with van der Waals surface area (Å²) >= 11 is 7.19. The lowest BCUT2D eigenvalue weighted by atomic mass is 10.1. The molecule has 0 atom stereocenters. The number of thioether (sulfide) groups is 1. The van der Waals surface area contributed by atoms with Gasteiger partial charge in [-0.1, -0.05) is 48.5 Å². The molecule has 0 aliphatic carbocycles. The Hall–Kier alpha value is -2.62. The zero-order chi connectivity index (χ0) is 23.5. The topological polar surface area (TPSA) is 50.7 Å². The Morgan fingerprint density at radius 1 is 1.00 bits per heavy atom. The Bertz CT molecular complexity index is 1450. The van der Waals surface area contributed by atoms with Gasteiger partial charge in [-0.05, 0) is 115 Å². The van der Waals surface area contributed by atoms with Crippen LogP contribution in [0.2, 0.25) is 0 Å². The van der Waals surface area contributed by atoms with Gasteiger partial charge in [0.1, 0.15) is 12.4 Å². The quantitative estimate of drug-likeness (QED) is 0.180. The highest BCUT2D eigenvalue weighted by molar-refractivity contribution is 14.1. The van der Waals surface area contributed by atoms with Gasteiger partial charge < -0.3 is 10.1 Å². The molecule has 1 aliphatic rings. The molecule has 0 saturated carbocycles. The molecule has 1 amide bonds. The molecule has 0 unspecified atom stereocenters. The Balaban J connectivity index is 1.29. The first kappa shape index (κ1) is 23.1. The van der Waals surface area contributed by atoms with Crippen LogP contribution in [0.1, 0.15) is 11.1 Å². The maximum atomic E-state index is 12.4. The number of hydrogen-bond acceptors (Lipinski definition) is 4. The number of rotatable bonds is 5. The molecule has 5 rings (SSSR count). The Morgan fingerprint density at radius 2 is 1.79 bits per heavy atom. The number of carbonyl (C=O) groups is 1. The van der Waals surface area contributed by atoms with E-state index >= 15 is 0 Å². The molecule has 1 N–H and O–H groups in total. The summed E-state index contributed by atoms with van der Waals surface area (Å²) in [6.45, 7) is 0.469. The fourth-order valence-corrected chi connectivity index (χ4v) is 5.27. The second-order valence-electron chi connectivity index (χ2n) is 7.57. The predicted molar refractivity (Wildman–Crippen MR) is 152 cm³/mol. The number of halogens is 2. The van der Waals surface area contributed by atoms with Crippen LogP contribution in [-0.4, -0.2) is 11.1 Å². The number of benzene rings is 4. The zero-order valence-corrected chi connectivity index (χ0v) is 22.4. The highest BCUT2D eigenvalue weighted by Gasteiger charge is 2.23. The van der Waals surface area contributed by atoms with Crippen LogP contribution in [0.5, 0.6) is 5.75 Å². The standard InChI is InChI=1S/C27H18BrIN2O2S/c28-23-14-17(15-25-26(32)31-27(34-25)30-21-11-9-20(29)10-12-21)8-13-24(23)33-16-19-6-3-5-18-4-1-2-7-22(18)19/h1-15H,16H2,(H,30,31,32)/b25-15+. The Morgan fingerprint density at radius 3 is 2.62 bits per heavy atom. The summed E-state index contributed by atoms with van der Waals surface area (Å²) in [5, 5.41) is 5.79. The molecule has 168 valence electrons. The molecule has 1 heterocycles. The van der Waals surface area contributed by atoms with Crippen molar-refractivity contribution < 1.29 is 9.53 Å². The van der Waals surface area contributed by atoms with Crippen molar-refractivity contribution in [3.8, 4) is 5.75 Å². The fraction of sp³-hybridized carbons (Fsp3) is 0.0370. The lowest BCUT2D eigenvalue weighted by Gasteiger charge is -2.11. The van der Waals surface area contributed by atoms with Crippen molar-refractivity contribution in [3.05, 3.63) is 109 Å². The van der Waals surface area contributed by atoms with E-state index in [9.17, 15) is 4.79 Å². The smallest absolute Gasteiger partial charge is 0.264 e. The minimum atomic E-state index is -0.151. The molecule has 0 bridgehead atoms. The maximum absolute atomic E-state index is 12.4. The van der Waals surface area contributed by atoms with E-state index in [0.29, 0.717) is 16.7 Å². The van der Waals surface area contributed by atoms with Crippen LogP contribution in [0.4, 0.5) is 5.69 Å². The third-order valence-corrected chi connectivity index (χ3v) is 7.47.